The van der Waals surface area contributed by atoms with E-state index in [0.29, 0.717) is 32.1 Å². The summed E-state index contributed by atoms with van der Waals surface area (Å²) in [6, 6.07) is 5.37. The average Bonchev–Trinajstić information content (AvgIpc) is 2.37. The number of aryl methyl sites for hydroxylation is 1. The highest BCUT2D eigenvalue weighted by Gasteiger charge is 2.16. The molecule has 92 valence electrons. The van der Waals surface area contributed by atoms with Gasteiger partial charge in [0.15, 0.2) is 0 Å². The first kappa shape index (κ1) is 12.0. The van der Waals surface area contributed by atoms with Crippen molar-refractivity contribution in [2.45, 2.75) is 13.0 Å². The SMILES string of the molecule is Cc1cccc(C(=O)NCC2COCCO2)n1. The molecule has 0 radical (unpaired) electrons. The highest BCUT2D eigenvalue weighted by atomic mass is 16.6. The van der Waals surface area contributed by atoms with Gasteiger partial charge in [-0.15, -0.1) is 0 Å². The molecule has 1 aliphatic rings. The van der Waals surface area contributed by atoms with E-state index in [0.717, 1.165) is 5.69 Å². The minimum Gasteiger partial charge on any atom is -0.376 e. The largest absolute Gasteiger partial charge is 0.376 e. The van der Waals surface area contributed by atoms with Crippen molar-refractivity contribution in [3.8, 4) is 0 Å². The standard InChI is InChI=1S/C12H16N2O3/c1-9-3-2-4-11(14-9)12(15)13-7-10-8-16-5-6-17-10/h2-4,10H,5-8H2,1H3,(H,13,15). The average molecular weight is 236 g/mol. The van der Waals surface area contributed by atoms with Crippen molar-refractivity contribution in [3.05, 3.63) is 29.6 Å². The van der Waals surface area contributed by atoms with Crippen LogP contribution in [0.15, 0.2) is 18.2 Å². The van der Waals surface area contributed by atoms with Crippen LogP contribution in [0.25, 0.3) is 0 Å². The Morgan fingerprint density at radius 1 is 1.53 bits per heavy atom. The van der Waals surface area contributed by atoms with Crippen molar-refractivity contribution in [3.63, 3.8) is 0 Å². The smallest absolute Gasteiger partial charge is 0.269 e. The molecule has 2 rings (SSSR count). The summed E-state index contributed by atoms with van der Waals surface area (Å²) in [6.07, 6.45) is -0.0579. The number of hydrogen-bond acceptors (Lipinski definition) is 4. The summed E-state index contributed by atoms with van der Waals surface area (Å²) in [4.78, 5) is 15.9. The zero-order chi connectivity index (χ0) is 12.1. The molecule has 5 nitrogen and oxygen atoms in total. The van der Waals surface area contributed by atoms with Gasteiger partial charge in [0.2, 0.25) is 0 Å². The summed E-state index contributed by atoms with van der Waals surface area (Å²) in [5, 5.41) is 2.79. The van der Waals surface area contributed by atoms with E-state index in [4.69, 9.17) is 9.47 Å². The number of pyridine rings is 1. The molecule has 1 fully saturated rings. The quantitative estimate of drug-likeness (QED) is 0.832. The number of hydrogen-bond donors (Lipinski definition) is 1. The van der Waals surface area contributed by atoms with Crippen LogP contribution in [0.1, 0.15) is 16.2 Å². The molecule has 17 heavy (non-hydrogen) atoms. The van der Waals surface area contributed by atoms with Crippen LogP contribution >= 0.6 is 0 Å². The number of aromatic nitrogens is 1. The number of rotatable bonds is 3. The third-order valence-electron chi connectivity index (χ3n) is 2.50. The van der Waals surface area contributed by atoms with Crippen LogP contribution in [-0.4, -0.2) is 43.4 Å². The molecule has 5 heteroatoms. The molecule has 1 unspecified atom stereocenters. The van der Waals surface area contributed by atoms with Gasteiger partial charge in [0, 0.05) is 12.2 Å². The van der Waals surface area contributed by atoms with Crippen LogP contribution in [0.2, 0.25) is 0 Å². The molecule has 1 aromatic rings. The lowest BCUT2D eigenvalue weighted by Crippen LogP contribution is -2.39. The lowest BCUT2D eigenvalue weighted by Gasteiger charge is -2.22. The summed E-state index contributed by atoms with van der Waals surface area (Å²) in [7, 11) is 0. The van der Waals surface area contributed by atoms with Gasteiger partial charge in [0.05, 0.1) is 25.9 Å². The Hall–Kier alpha value is -1.46. The fourth-order valence-corrected chi connectivity index (χ4v) is 1.62. The van der Waals surface area contributed by atoms with Crippen molar-refractivity contribution in [1.29, 1.82) is 0 Å². The van der Waals surface area contributed by atoms with Gasteiger partial charge in [-0.3, -0.25) is 4.79 Å². The van der Waals surface area contributed by atoms with Gasteiger partial charge >= 0.3 is 0 Å². The van der Waals surface area contributed by atoms with Gasteiger partial charge in [-0.05, 0) is 19.1 Å². The normalized spacial score (nSPS) is 19.9. The maximum absolute atomic E-state index is 11.8. The molecule has 1 N–H and O–H groups in total. The molecular formula is C12H16N2O3. The topological polar surface area (TPSA) is 60.5 Å². The van der Waals surface area contributed by atoms with E-state index in [2.05, 4.69) is 10.3 Å². The Bertz CT molecular complexity index is 389. The van der Waals surface area contributed by atoms with E-state index in [1.54, 1.807) is 6.07 Å². The molecule has 1 aliphatic heterocycles. The Balaban J connectivity index is 1.84. The Kier molecular flexibility index (Phi) is 4.06. The predicted octanol–water partition coefficient (Wildman–Crippen LogP) is 0.535. The van der Waals surface area contributed by atoms with Crippen molar-refractivity contribution >= 4 is 5.91 Å². The van der Waals surface area contributed by atoms with Gasteiger partial charge in [0.25, 0.3) is 5.91 Å². The van der Waals surface area contributed by atoms with Crippen molar-refractivity contribution < 1.29 is 14.3 Å². The molecule has 0 aromatic carbocycles. The second kappa shape index (κ2) is 5.75. The number of carbonyl (C=O) groups is 1. The molecule has 1 amide bonds. The molecule has 0 spiro atoms. The second-order valence-corrected chi connectivity index (χ2v) is 3.94. The molecule has 0 aliphatic carbocycles. The van der Waals surface area contributed by atoms with Gasteiger partial charge in [-0.1, -0.05) is 6.07 Å². The van der Waals surface area contributed by atoms with Gasteiger partial charge in [-0.2, -0.15) is 0 Å². The first-order valence-corrected chi connectivity index (χ1v) is 5.67. The van der Waals surface area contributed by atoms with Crippen molar-refractivity contribution in [1.82, 2.24) is 10.3 Å². The fourth-order valence-electron chi connectivity index (χ4n) is 1.62. The minimum atomic E-state index is -0.178. The van der Waals surface area contributed by atoms with Crippen LogP contribution in [-0.2, 0) is 9.47 Å². The van der Waals surface area contributed by atoms with E-state index in [1.807, 2.05) is 19.1 Å². The zero-order valence-electron chi connectivity index (χ0n) is 9.81. The molecule has 0 bridgehead atoms. The van der Waals surface area contributed by atoms with Gasteiger partial charge in [-0.25, -0.2) is 4.98 Å². The van der Waals surface area contributed by atoms with Crippen LogP contribution in [0.3, 0.4) is 0 Å². The Morgan fingerprint density at radius 3 is 3.12 bits per heavy atom. The van der Waals surface area contributed by atoms with E-state index < -0.39 is 0 Å². The van der Waals surface area contributed by atoms with Crippen LogP contribution in [0.4, 0.5) is 0 Å². The summed E-state index contributed by atoms with van der Waals surface area (Å²) in [5.74, 6) is -0.178. The number of nitrogens with one attached hydrogen (secondary N) is 1. The van der Waals surface area contributed by atoms with E-state index in [9.17, 15) is 4.79 Å². The Morgan fingerprint density at radius 2 is 2.41 bits per heavy atom. The lowest BCUT2D eigenvalue weighted by atomic mass is 10.3. The summed E-state index contributed by atoms with van der Waals surface area (Å²) in [5.41, 5.74) is 1.26. The molecule has 1 saturated heterocycles. The van der Waals surface area contributed by atoms with Crippen molar-refractivity contribution in [2.24, 2.45) is 0 Å². The van der Waals surface area contributed by atoms with Gasteiger partial charge in [0.1, 0.15) is 5.69 Å². The number of carbonyl (C=O) groups excluding carboxylic acids is 1. The van der Waals surface area contributed by atoms with Crippen LogP contribution in [0.5, 0.6) is 0 Å². The van der Waals surface area contributed by atoms with Gasteiger partial charge < -0.3 is 14.8 Å². The maximum Gasteiger partial charge on any atom is 0.269 e. The molecule has 2 heterocycles. The number of nitrogens with zero attached hydrogens (tertiary/aromatic N) is 1. The minimum absolute atomic E-state index is 0.0579. The Labute approximate surface area is 100 Å². The molecule has 1 atom stereocenters. The third kappa shape index (κ3) is 3.51. The number of ether oxygens (including phenoxy) is 2. The van der Waals surface area contributed by atoms with E-state index in [-0.39, 0.29) is 12.0 Å². The first-order chi connectivity index (χ1) is 8.25. The monoisotopic (exact) mass is 236 g/mol. The summed E-state index contributed by atoms with van der Waals surface area (Å²) >= 11 is 0. The predicted molar refractivity (Wildman–Crippen MR) is 61.9 cm³/mol. The molecule has 1 aromatic heterocycles. The zero-order valence-corrected chi connectivity index (χ0v) is 9.81. The van der Waals surface area contributed by atoms with E-state index >= 15 is 0 Å². The first-order valence-electron chi connectivity index (χ1n) is 5.67. The number of amides is 1. The van der Waals surface area contributed by atoms with Crippen LogP contribution in [0, 0.1) is 6.92 Å². The third-order valence-corrected chi connectivity index (χ3v) is 2.50. The van der Waals surface area contributed by atoms with E-state index in [1.165, 1.54) is 0 Å². The fraction of sp³-hybridized carbons (Fsp3) is 0.500. The van der Waals surface area contributed by atoms with Crippen molar-refractivity contribution in [2.75, 3.05) is 26.4 Å². The lowest BCUT2D eigenvalue weighted by molar-refractivity contribution is -0.0855. The van der Waals surface area contributed by atoms with Crippen LogP contribution < -0.4 is 5.32 Å². The maximum atomic E-state index is 11.8. The highest BCUT2D eigenvalue weighted by Crippen LogP contribution is 2.01. The second-order valence-electron chi connectivity index (χ2n) is 3.94. The molecular weight excluding hydrogens is 220 g/mol. The highest BCUT2D eigenvalue weighted by molar-refractivity contribution is 5.92. The summed E-state index contributed by atoms with van der Waals surface area (Å²) < 4.78 is 10.7. The summed E-state index contributed by atoms with van der Waals surface area (Å²) in [6.45, 7) is 4.05. The molecule has 0 saturated carbocycles.